The molecule has 5 heteroatoms. The molecule has 1 heterocycles. The lowest BCUT2D eigenvalue weighted by Gasteiger charge is -2.25. The number of aryl methyl sites for hydroxylation is 1. The smallest absolute Gasteiger partial charge is 0.234 e. The van der Waals surface area contributed by atoms with E-state index in [0.29, 0.717) is 6.54 Å². The van der Waals surface area contributed by atoms with Gasteiger partial charge in [-0.25, -0.2) is 0 Å². The molecule has 0 saturated carbocycles. The SMILES string of the molecule is Cn1ncc2c1CCCC2NCC(=O)NC(C)(C)C. The van der Waals surface area contributed by atoms with Crippen molar-refractivity contribution in [2.24, 2.45) is 7.05 Å². The lowest BCUT2D eigenvalue weighted by molar-refractivity contribution is -0.121. The van der Waals surface area contributed by atoms with Crippen LogP contribution in [-0.4, -0.2) is 27.8 Å². The number of rotatable bonds is 3. The molecule has 1 aliphatic carbocycles. The van der Waals surface area contributed by atoms with Gasteiger partial charge in [0.15, 0.2) is 0 Å². The van der Waals surface area contributed by atoms with Crippen molar-refractivity contribution in [3.05, 3.63) is 17.5 Å². The van der Waals surface area contributed by atoms with Crippen LogP contribution >= 0.6 is 0 Å². The first-order chi connectivity index (χ1) is 8.87. The van der Waals surface area contributed by atoms with Crippen molar-refractivity contribution in [1.82, 2.24) is 20.4 Å². The molecule has 2 N–H and O–H groups in total. The summed E-state index contributed by atoms with van der Waals surface area (Å²) in [6, 6.07) is 0.253. The monoisotopic (exact) mass is 264 g/mol. The molecule has 106 valence electrons. The fraction of sp³-hybridized carbons (Fsp3) is 0.714. The van der Waals surface area contributed by atoms with E-state index in [9.17, 15) is 4.79 Å². The summed E-state index contributed by atoms with van der Waals surface area (Å²) < 4.78 is 1.94. The summed E-state index contributed by atoms with van der Waals surface area (Å²) in [5, 5.41) is 10.6. The molecule has 0 saturated heterocycles. The summed E-state index contributed by atoms with van der Waals surface area (Å²) in [5.74, 6) is 0.0449. The summed E-state index contributed by atoms with van der Waals surface area (Å²) in [6.07, 6.45) is 5.22. The van der Waals surface area contributed by atoms with Crippen molar-refractivity contribution >= 4 is 5.91 Å². The standard InChI is InChI=1S/C14H24N4O/c1-14(2,3)17-13(19)9-15-11-6-5-7-12-10(11)8-16-18(12)4/h8,11,15H,5-7,9H2,1-4H3,(H,17,19). The van der Waals surface area contributed by atoms with Crippen molar-refractivity contribution in [2.75, 3.05) is 6.54 Å². The van der Waals surface area contributed by atoms with Crippen LogP contribution in [-0.2, 0) is 18.3 Å². The molecule has 0 aromatic carbocycles. The minimum atomic E-state index is -0.176. The highest BCUT2D eigenvalue weighted by Gasteiger charge is 2.24. The average molecular weight is 264 g/mol. The Hall–Kier alpha value is -1.36. The van der Waals surface area contributed by atoms with Crippen molar-refractivity contribution < 1.29 is 4.79 Å². The van der Waals surface area contributed by atoms with Crippen LogP contribution in [0.5, 0.6) is 0 Å². The Morgan fingerprint density at radius 1 is 1.53 bits per heavy atom. The van der Waals surface area contributed by atoms with Crippen LogP contribution in [0.25, 0.3) is 0 Å². The van der Waals surface area contributed by atoms with E-state index >= 15 is 0 Å². The van der Waals surface area contributed by atoms with E-state index in [1.165, 1.54) is 11.3 Å². The normalized spacial score (nSPS) is 19.1. The summed E-state index contributed by atoms with van der Waals surface area (Å²) in [4.78, 5) is 11.8. The topological polar surface area (TPSA) is 59.0 Å². The van der Waals surface area contributed by atoms with E-state index in [4.69, 9.17) is 0 Å². The number of nitrogens with one attached hydrogen (secondary N) is 2. The van der Waals surface area contributed by atoms with Gasteiger partial charge >= 0.3 is 0 Å². The van der Waals surface area contributed by atoms with Crippen molar-refractivity contribution in [2.45, 2.75) is 51.6 Å². The molecule has 0 aliphatic heterocycles. The Morgan fingerprint density at radius 3 is 2.95 bits per heavy atom. The van der Waals surface area contributed by atoms with Gasteiger partial charge in [0, 0.05) is 29.9 Å². The molecule has 1 aliphatic rings. The van der Waals surface area contributed by atoms with Gasteiger partial charge in [-0.05, 0) is 40.0 Å². The van der Waals surface area contributed by atoms with Gasteiger partial charge in [-0.15, -0.1) is 0 Å². The molecule has 1 unspecified atom stereocenters. The van der Waals surface area contributed by atoms with Crippen LogP contribution in [0.15, 0.2) is 6.20 Å². The number of nitrogens with zero attached hydrogens (tertiary/aromatic N) is 2. The van der Waals surface area contributed by atoms with Crippen LogP contribution in [0.3, 0.4) is 0 Å². The zero-order valence-corrected chi connectivity index (χ0v) is 12.3. The van der Waals surface area contributed by atoms with Crippen LogP contribution < -0.4 is 10.6 Å². The molecule has 1 aromatic heterocycles. The van der Waals surface area contributed by atoms with E-state index in [0.717, 1.165) is 19.3 Å². The number of hydrogen-bond donors (Lipinski definition) is 2. The fourth-order valence-electron chi connectivity index (χ4n) is 2.60. The first-order valence-corrected chi connectivity index (χ1v) is 6.92. The highest BCUT2D eigenvalue weighted by molar-refractivity contribution is 5.78. The highest BCUT2D eigenvalue weighted by atomic mass is 16.2. The first-order valence-electron chi connectivity index (χ1n) is 6.92. The number of hydrogen-bond acceptors (Lipinski definition) is 3. The summed E-state index contributed by atoms with van der Waals surface area (Å²) >= 11 is 0. The number of amides is 1. The van der Waals surface area contributed by atoms with Crippen LogP contribution in [0.1, 0.15) is 50.9 Å². The third-order valence-corrected chi connectivity index (χ3v) is 3.40. The summed E-state index contributed by atoms with van der Waals surface area (Å²) in [7, 11) is 1.98. The maximum absolute atomic E-state index is 11.8. The van der Waals surface area contributed by atoms with Crippen molar-refractivity contribution in [3.8, 4) is 0 Å². The number of fused-ring (bicyclic) bond motifs is 1. The molecule has 1 aromatic rings. The molecule has 1 amide bonds. The fourth-order valence-corrected chi connectivity index (χ4v) is 2.60. The quantitative estimate of drug-likeness (QED) is 0.865. The third-order valence-electron chi connectivity index (χ3n) is 3.40. The molecule has 0 spiro atoms. The third kappa shape index (κ3) is 3.56. The molecule has 0 fully saturated rings. The van der Waals surface area contributed by atoms with Gasteiger partial charge in [-0.1, -0.05) is 0 Å². The second-order valence-electron chi connectivity index (χ2n) is 6.29. The molecular formula is C14H24N4O. The van der Waals surface area contributed by atoms with Crippen molar-refractivity contribution in [3.63, 3.8) is 0 Å². The van der Waals surface area contributed by atoms with Gasteiger partial charge in [-0.3, -0.25) is 9.48 Å². The Labute approximate surface area is 114 Å². The lowest BCUT2D eigenvalue weighted by Crippen LogP contribution is -2.45. The highest BCUT2D eigenvalue weighted by Crippen LogP contribution is 2.28. The lowest BCUT2D eigenvalue weighted by atomic mass is 9.93. The van der Waals surface area contributed by atoms with Gasteiger partial charge in [0.25, 0.3) is 0 Å². The number of carbonyl (C=O) groups excluding carboxylic acids is 1. The van der Waals surface area contributed by atoms with Gasteiger partial charge in [-0.2, -0.15) is 5.10 Å². The molecular weight excluding hydrogens is 240 g/mol. The Kier molecular flexibility index (Phi) is 3.94. The number of carbonyl (C=O) groups is 1. The second kappa shape index (κ2) is 5.33. The van der Waals surface area contributed by atoms with Crippen LogP contribution in [0.2, 0.25) is 0 Å². The van der Waals surface area contributed by atoms with Gasteiger partial charge < -0.3 is 10.6 Å². The van der Waals surface area contributed by atoms with Crippen molar-refractivity contribution in [1.29, 1.82) is 0 Å². The minimum Gasteiger partial charge on any atom is -0.350 e. The van der Waals surface area contributed by atoms with E-state index in [1.807, 2.05) is 38.7 Å². The van der Waals surface area contributed by atoms with Crippen LogP contribution in [0, 0.1) is 0 Å². The molecule has 0 radical (unpaired) electrons. The van der Waals surface area contributed by atoms with Gasteiger partial charge in [0.2, 0.25) is 5.91 Å². The molecule has 5 nitrogen and oxygen atoms in total. The van der Waals surface area contributed by atoms with E-state index in [-0.39, 0.29) is 17.5 Å². The molecule has 1 atom stereocenters. The Balaban J connectivity index is 1.93. The molecule has 0 bridgehead atoms. The van der Waals surface area contributed by atoms with Gasteiger partial charge in [0.1, 0.15) is 0 Å². The minimum absolute atomic E-state index is 0.0449. The Bertz CT molecular complexity index is 459. The summed E-state index contributed by atoms with van der Waals surface area (Å²) in [5.41, 5.74) is 2.36. The molecule has 2 rings (SSSR count). The maximum atomic E-state index is 11.8. The van der Waals surface area contributed by atoms with Gasteiger partial charge in [0.05, 0.1) is 12.7 Å². The van der Waals surface area contributed by atoms with E-state index in [1.54, 1.807) is 0 Å². The van der Waals surface area contributed by atoms with Crippen LogP contribution in [0.4, 0.5) is 0 Å². The first kappa shape index (κ1) is 14.1. The Morgan fingerprint density at radius 2 is 2.26 bits per heavy atom. The average Bonchev–Trinajstić information content (AvgIpc) is 2.67. The maximum Gasteiger partial charge on any atom is 0.234 e. The predicted octanol–water partition coefficient (Wildman–Crippen LogP) is 1.30. The zero-order valence-electron chi connectivity index (χ0n) is 12.3. The largest absolute Gasteiger partial charge is 0.350 e. The predicted molar refractivity (Wildman–Crippen MR) is 74.8 cm³/mol. The second-order valence-corrected chi connectivity index (χ2v) is 6.29. The number of aromatic nitrogens is 2. The summed E-state index contributed by atoms with van der Waals surface area (Å²) in [6.45, 7) is 6.33. The van der Waals surface area contributed by atoms with E-state index < -0.39 is 0 Å². The zero-order chi connectivity index (χ0) is 14.0. The molecule has 19 heavy (non-hydrogen) atoms. The van der Waals surface area contributed by atoms with E-state index in [2.05, 4.69) is 15.7 Å².